The molecule has 3 atom stereocenters. The molecule has 0 aromatic rings. The third kappa shape index (κ3) is 2.36. The van der Waals surface area contributed by atoms with Crippen molar-refractivity contribution in [3.63, 3.8) is 0 Å². The topological polar surface area (TPSA) is 32.3 Å². The summed E-state index contributed by atoms with van der Waals surface area (Å²) in [7, 11) is 0. The molecule has 2 heteroatoms. The maximum atomic E-state index is 10.2. The Morgan fingerprint density at radius 2 is 1.93 bits per heavy atom. The zero-order valence-corrected chi connectivity index (χ0v) is 10.1. The Bertz CT molecular complexity index is 213. The first-order chi connectivity index (χ1) is 7.17. The average Bonchev–Trinajstić information content (AvgIpc) is 2.87. The van der Waals surface area contributed by atoms with Gasteiger partial charge in [0.1, 0.15) is 0 Å². The third-order valence-electron chi connectivity index (χ3n) is 4.75. The van der Waals surface area contributed by atoms with Gasteiger partial charge in [-0.15, -0.1) is 0 Å². The van der Waals surface area contributed by atoms with E-state index in [-0.39, 0.29) is 0 Å². The van der Waals surface area contributed by atoms with Gasteiger partial charge in [-0.3, -0.25) is 0 Å². The fraction of sp³-hybridized carbons (Fsp3) is 1.00. The second-order valence-corrected chi connectivity index (χ2v) is 5.59. The molecule has 88 valence electrons. The van der Waals surface area contributed by atoms with E-state index < -0.39 is 5.60 Å². The molecule has 0 saturated heterocycles. The van der Waals surface area contributed by atoms with Crippen molar-refractivity contribution >= 4 is 0 Å². The lowest BCUT2D eigenvalue weighted by molar-refractivity contribution is 0.0280. The van der Waals surface area contributed by atoms with Gasteiger partial charge >= 0.3 is 0 Å². The summed E-state index contributed by atoms with van der Waals surface area (Å²) in [6.07, 6.45) is 7.38. The Balaban J connectivity index is 1.78. The summed E-state index contributed by atoms with van der Waals surface area (Å²) in [6.45, 7) is 4.94. The number of hydrogen-bond donors (Lipinski definition) is 2. The van der Waals surface area contributed by atoms with E-state index in [4.69, 9.17) is 0 Å². The standard InChI is InChI=1S/C13H25NO/c1-3-13(15,4-2)9-14-12-8-10-5-6-11(12)7-10/h10-12,14-15H,3-9H2,1-2H3. The summed E-state index contributed by atoms with van der Waals surface area (Å²) >= 11 is 0. The van der Waals surface area contributed by atoms with Crippen LogP contribution in [0.25, 0.3) is 0 Å². The van der Waals surface area contributed by atoms with Crippen LogP contribution in [0.15, 0.2) is 0 Å². The Morgan fingerprint density at radius 1 is 1.20 bits per heavy atom. The van der Waals surface area contributed by atoms with E-state index >= 15 is 0 Å². The van der Waals surface area contributed by atoms with Crippen LogP contribution in [0.2, 0.25) is 0 Å². The van der Waals surface area contributed by atoms with E-state index in [0.717, 1.165) is 31.2 Å². The Kier molecular flexibility index (Phi) is 3.36. The lowest BCUT2D eigenvalue weighted by Gasteiger charge is -2.30. The van der Waals surface area contributed by atoms with Crippen molar-refractivity contribution in [2.24, 2.45) is 11.8 Å². The molecule has 0 aromatic heterocycles. The predicted molar refractivity (Wildman–Crippen MR) is 62.8 cm³/mol. The summed E-state index contributed by atoms with van der Waals surface area (Å²) in [5, 5.41) is 13.8. The Labute approximate surface area is 93.5 Å². The molecule has 0 spiro atoms. The SMILES string of the molecule is CCC(O)(CC)CNC1CC2CCC1C2. The van der Waals surface area contributed by atoms with Crippen LogP contribution in [0.5, 0.6) is 0 Å². The molecule has 0 aromatic carbocycles. The van der Waals surface area contributed by atoms with Crippen LogP contribution in [-0.2, 0) is 0 Å². The highest BCUT2D eigenvalue weighted by molar-refractivity contribution is 4.95. The van der Waals surface area contributed by atoms with E-state index in [2.05, 4.69) is 19.2 Å². The van der Waals surface area contributed by atoms with Gasteiger partial charge in [0.25, 0.3) is 0 Å². The molecule has 2 N–H and O–H groups in total. The molecule has 2 bridgehead atoms. The van der Waals surface area contributed by atoms with Crippen molar-refractivity contribution in [1.82, 2.24) is 5.32 Å². The van der Waals surface area contributed by atoms with Gasteiger partial charge in [-0.2, -0.15) is 0 Å². The van der Waals surface area contributed by atoms with Crippen LogP contribution in [0.3, 0.4) is 0 Å². The van der Waals surface area contributed by atoms with Crippen molar-refractivity contribution in [3.05, 3.63) is 0 Å². The second kappa shape index (κ2) is 4.42. The Hall–Kier alpha value is -0.0800. The lowest BCUT2D eigenvalue weighted by atomic mass is 9.93. The van der Waals surface area contributed by atoms with Gasteiger partial charge in [-0.1, -0.05) is 20.3 Å². The van der Waals surface area contributed by atoms with Crippen molar-refractivity contribution in [3.8, 4) is 0 Å². The van der Waals surface area contributed by atoms with Crippen LogP contribution >= 0.6 is 0 Å². The van der Waals surface area contributed by atoms with Crippen LogP contribution in [0.1, 0.15) is 52.4 Å². The van der Waals surface area contributed by atoms with Gasteiger partial charge in [0.05, 0.1) is 5.60 Å². The van der Waals surface area contributed by atoms with Crippen LogP contribution in [0, 0.1) is 11.8 Å². The normalized spacial score (nSPS) is 35.0. The minimum Gasteiger partial charge on any atom is -0.389 e. The molecule has 2 fully saturated rings. The molecule has 2 aliphatic rings. The highest BCUT2D eigenvalue weighted by atomic mass is 16.3. The fourth-order valence-corrected chi connectivity index (χ4v) is 3.32. The maximum Gasteiger partial charge on any atom is 0.0766 e. The van der Waals surface area contributed by atoms with Crippen molar-refractivity contribution in [2.75, 3.05) is 6.54 Å². The monoisotopic (exact) mass is 211 g/mol. The smallest absolute Gasteiger partial charge is 0.0766 e. The summed E-state index contributed by atoms with van der Waals surface area (Å²) < 4.78 is 0. The molecule has 2 aliphatic carbocycles. The molecule has 2 nitrogen and oxygen atoms in total. The summed E-state index contributed by atoms with van der Waals surface area (Å²) in [4.78, 5) is 0. The molecule has 3 unspecified atom stereocenters. The largest absolute Gasteiger partial charge is 0.389 e. The van der Waals surface area contributed by atoms with Crippen LogP contribution in [-0.4, -0.2) is 23.3 Å². The minimum absolute atomic E-state index is 0.470. The first kappa shape index (κ1) is 11.4. The molecule has 15 heavy (non-hydrogen) atoms. The lowest BCUT2D eigenvalue weighted by Crippen LogP contribution is -2.45. The average molecular weight is 211 g/mol. The molecule has 0 heterocycles. The number of aliphatic hydroxyl groups is 1. The van der Waals surface area contributed by atoms with E-state index in [1.165, 1.54) is 25.7 Å². The third-order valence-corrected chi connectivity index (χ3v) is 4.75. The minimum atomic E-state index is -0.470. The van der Waals surface area contributed by atoms with Gasteiger partial charge in [0.2, 0.25) is 0 Å². The maximum absolute atomic E-state index is 10.2. The molecule has 2 saturated carbocycles. The zero-order chi connectivity index (χ0) is 10.9. The first-order valence-electron chi connectivity index (χ1n) is 6.62. The van der Waals surface area contributed by atoms with E-state index in [1.54, 1.807) is 0 Å². The summed E-state index contributed by atoms with van der Waals surface area (Å²) in [5.41, 5.74) is -0.470. The molecule has 0 amide bonds. The number of rotatable bonds is 5. The van der Waals surface area contributed by atoms with Crippen molar-refractivity contribution in [2.45, 2.75) is 64.0 Å². The van der Waals surface area contributed by atoms with Crippen molar-refractivity contribution < 1.29 is 5.11 Å². The number of nitrogens with one attached hydrogen (secondary N) is 1. The highest BCUT2D eigenvalue weighted by Gasteiger charge is 2.39. The molecular weight excluding hydrogens is 186 g/mol. The molecule has 2 rings (SSSR count). The Morgan fingerprint density at radius 3 is 2.40 bits per heavy atom. The molecule has 0 aliphatic heterocycles. The zero-order valence-electron chi connectivity index (χ0n) is 10.1. The number of fused-ring (bicyclic) bond motifs is 2. The summed E-state index contributed by atoms with van der Waals surface area (Å²) in [6, 6.07) is 0.702. The van der Waals surface area contributed by atoms with Gasteiger partial charge in [0, 0.05) is 12.6 Å². The fourth-order valence-electron chi connectivity index (χ4n) is 3.32. The van der Waals surface area contributed by atoms with Gasteiger partial charge in [0.15, 0.2) is 0 Å². The van der Waals surface area contributed by atoms with E-state index in [1.807, 2.05) is 0 Å². The van der Waals surface area contributed by atoms with Gasteiger partial charge in [-0.25, -0.2) is 0 Å². The second-order valence-electron chi connectivity index (χ2n) is 5.59. The number of hydrogen-bond acceptors (Lipinski definition) is 2. The summed E-state index contributed by atoms with van der Waals surface area (Å²) in [5.74, 6) is 1.90. The van der Waals surface area contributed by atoms with E-state index in [9.17, 15) is 5.11 Å². The van der Waals surface area contributed by atoms with Crippen molar-refractivity contribution in [1.29, 1.82) is 0 Å². The van der Waals surface area contributed by atoms with E-state index in [0.29, 0.717) is 6.04 Å². The molecular formula is C13H25NO. The van der Waals surface area contributed by atoms with Gasteiger partial charge in [-0.05, 0) is 43.9 Å². The van der Waals surface area contributed by atoms with Crippen LogP contribution in [0.4, 0.5) is 0 Å². The van der Waals surface area contributed by atoms with Gasteiger partial charge < -0.3 is 10.4 Å². The molecule has 0 radical (unpaired) electrons. The highest BCUT2D eigenvalue weighted by Crippen LogP contribution is 2.44. The predicted octanol–water partition coefficient (Wildman–Crippen LogP) is 2.32. The van der Waals surface area contributed by atoms with Crippen LogP contribution < -0.4 is 5.32 Å². The first-order valence-corrected chi connectivity index (χ1v) is 6.62. The quantitative estimate of drug-likeness (QED) is 0.731.